The number of aryl methyl sites for hydroxylation is 2. The molecule has 0 bridgehead atoms. The number of carbonyl (C=O) groups is 1. The summed E-state index contributed by atoms with van der Waals surface area (Å²) in [6, 6.07) is 0.818. The lowest BCUT2D eigenvalue weighted by molar-refractivity contribution is -0.153. The standard InChI is InChI=1S/C20H27N5O6/c1-12-21-6-9-24(12)7-4-15(26)22-10-14-18-17(30-20(2,3)31-18)13(11-29-14)25-8-5-16(27)23-19(25)28/h5-6,8-9,13-14,17-18H,4,7,10-11H2,1-3H3,(H,22,26)(H,23,27,28)/t13-,14-,17+,18-/m1/s1. The number of imidazole rings is 1. The zero-order valence-electron chi connectivity index (χ0n) is 17.7. The second-order valence-corrected chi connectivity index (χ2v) is 8.24. The van der Waals surface area contributed by atoms with Crippen molar-refractivity contribution in [3.05, 3.63) is 51.3 Å². The van der Waals surface area contributed by atoms with Crippen LogP contribution in [-0.2, 0) is 25.5 Å². The predicted octanol–water partition coefficient (Wildman–Crippen LogP) is -0.292. The van der Waals surface area contributed by atoms with Crippen LogP contribution in [0.4, 0.5) is 0 Å². The van der Waals surface area contributed by atoms with Crippen LogP contribution in [-0.4, -0.2) is 62.3 Å². The molecule has 2 aromatic rings. The number of amides is 1. The van der Waals surface area contributed by atoms with Crippen molar-refractivity contribution in [2.75, 3.05) is 13.2 Å². The van der Waals surface area contributed by atoms with Gasteiger partial charge in [0.1, 0.15) is 24.1 Å². The number of nitrogens with one attached hydrogen (secondary N) is 2. The molecule has 2 N–H and O–H groups in total. The molecular weight excluding hydrogens is 406 g/mol. The van der Waals surface area contributed by atoms with Crippen LogP contribution in [0.15, 0.2) is 34.2 Å². The fourth-order valence-electron chi connectivity index (χ4n) is 4.08. The number of ether oxygens (including phenoxy) is 3. The molecule has 0 radical (unpaired) electrons. The van der Waals surface area contributed by atoms with E-state index < -0.39 is 41.4 Å². The van der Waals surface area contributed by atoms with Crippen LogP contribution in [0.5, 0.6) is 0 Å². The Bertz CT molecular complexity index is 1060. The van der Waals surface area contributed by atoms with Gasteiger partial charge in [0, 0.05) is 44.2 Å². The van der Waals surface area contributed by atoms with Gasteiger partial charge in [-0.3, -0.25) is 19.1 Å². The SMILES string of the molecule is Cc1nccn1CCC(=O)NC[C@H]1OC[C@@H](n2ccc(=O)[nH]c2=O)[C@@H]2OC(C)(C)O[C@@H]21. The molecule has 0 aromatic carbocycles. The number of H-pyrrole nitrogens is 1. The van der Waals surface area contributed by atoms with Crippen molar-refractivity contribution in [3.63, 3.8) is 0 Å². The van der Waals surface area contributed by atoms with E-state index in [2.05, 4.69) is 15.3 Å². The van der Waals surface area contributed by atoms with E-state index in [4.69, 9.17) is 14.2 Å². The van der Waals surface area contributed by atoms with Gasteiger partial charge in [0.15, 0.2) is 5.79 Å². The first kappa shape index (κ1) is 21.5. The lowest BCUT2D eigenvalue weighted by atomic mass is 9.97. The maximum atomic E-state index is 12.3. The van der Waals surface area contributed by atoms with Crippen molar-refractivity contribution in [3.8, 4) is 0 Å². The number of hydrogen-bond acceptors (Lipinski definition) is 7. The first-order valence-electron chi connectivity index (χ1n) is 10.3. The maximum absolute atomic E-state index is 12.3. The van der Waals surface area contributed by atoms with Crippen molar-refractivity contribution >= 4 is 5.91 Å². The van der Waals surface area contributed by atoms with Crippen molar-refractivity contribution in [2.45, 2.75) is 63.9 Å². The van der Waals surface area contributed by atoms with E-state index >= 15 is 0 Å². The molecule has 2 aliphatic rings. The molecule has 4 atom stereocenters. The summed E-state index contributed by atoms with van der Waals surface area (Å²) < 4.78 is 21.4. The van der Waals surface area contributed by atoms with Gasteiger partial charge in [-0.15, -0.1) is 0 Å². The summed E-state index contributed by atoms with van der Waals surface area (Å²) in [7, 11) is 0. The minimum absolute atomic E-state index is 0.106. The third kappa shape index (κ3) is 4.63. The van der Waals surface area contributed by atoms with Crippen LogP contribution in [0.1, 0.15) is 32.1 Å². The van der Waals surface area contributed by atoms with Crippen LogP contribution in [0, 0.1) is 6.92 Å². The molecule has 168 valence electrons. The Hall–Kier alpha value is -2.76. The molecule has 11 nitrogen and oxygen atoms in total. The second-order valence-electron chi connectivity index (χ2n) is 8.24. The molecule has 2 aliphatic heterocycles. The summed E-state index contributed by atoms with van der Waals surface area (Å²) in [5, 5.41) is 2.90. The van der Waals surface area contributed by atoms with Crippen molar-refractivity contribution < 1.29 is 19.0 Å². The van der Waals surface area contributed by atoms with Crippen LogP contribution >= 0.6 is 0 Å². The van der Waals surface area contributed by atoms with Gasteiger partial charge in [-0.25, -0.2) is 9.78 Å². The van der Waals surface area contributed by atoms with E-state index in [1.165, 1.54) is 16.8 Å². The number of nitrogens with zero attached hydrogens (tertiary/aromatic N) is 3. The number of carbonyl (C=O) groups excluding carboxylic acids is 1. The number of hydrogen-bond donors (Lipinski definition) is 2. The summed E-state index contributed by atoms with van der Waals surface area (Å²) in [4.78, 5) is 42.4. The Morgan fingerprint density at radius 3 is 2.77 bits per heavy atom. The van der Waals surface area contributed by atoms with E-state index in [1.54, 1.807) is 20.0 Å². The molecule has 4 heterocycles. The molecule has 0 saturated carbocycles. The summed E-state index contributed by atoms with van der Waals surface area (Å²) >= 11 is 0. The van der Waals surface area contributed by atoms with Crippen molar-refractivity contribution in [2.24, 2.45) is 0 Å². The smallest absolute Gasteiger partial charge is 0.328 e. The second kappa shape index (κ2) is 8.40. The summed E-state index contributed by atoms with van der Waals surface area (Å²) in [6.45, 7) is 6.45. The minimum atomic E-state index is -0.867. The first-order chi connectivity index (χ1) is 14.7. The molecule has 0 spiro atoms. The summed E-state index contributed by atoms with van der Waals surface area (Å²) in [6.07, 6.45) is 3.90. The molecule has 2 aromatic heterocycles. The fraction of sp³-hybridized carbons (Fsp3) is 0.600. The van der Waals surface area contributed by atoms with Gasteiger partial charge < -0.3 is 24.1 Å². The largest absolute Gasteiger partial charge is 0.371 e. The average Bonchev–Trinajstić information content (AvgIpc) is 3.26. The minimum Gasteiger partial charge on any atom is -0.371 e. The number of rotatable bonds is 6. The van der Waals surface area contributed by atoms with Gasteiger partial charge >= 0.3 is 5.69 Å². The Morgan fingerprint density at radius 2 is 2.06 bits per heavy atom. The normalized spacial score (nSPS) is 27.1. The highest BCUT2D eigenvalue weighted by Gasteiger charge is 2.52. The molecular formula is C20H27N5O6. The van der Waals surface area contributed by atoms with Gasteiger partial charge in [-0.2, -0.15) is 0 Å². The third-order valence-corrected chi connectivity index (χ3v) is 5.60. The van der Waals surface area contributed by atoms with Crippen LogP contribution in [0.3, 0.4) is 0 Å². The average molecular weight is 433 g/mol. The topological polar surface area (TPSA) is 129 Å². The molecule has 2 fully saturated rings. The highest BCUT2D eigenvalue weighted by atomic mass is 16.8. The van der Waals surface area contributed by atoms with Gasteiger partial charge in [0.2, 0.25) is 5.91 Å². The third-order valence-electron chi connectivity index (χ3n) is 5.60. The van der Waals surface area contributed by atoms with E-state index in [-0.39, 0.29) is 19.1 Å². The van der Waals surface area contributed by atoms with Gasteiger partial charge in [-0.1, -0.05) is 0 Å². The van der Waals surface area contributed by atoms with Crippen LogP contribution in [0.25, 0.3) is 0 Å². The lowest BCUT2D eigenvalue weighted by Crippen LogP contribution is -2.54. The molecule has 11 heteroatoms. The van der Waals surface area contributed by atoms with Gasteiger partial charge in [-0.05, 0) is 20.8 Å². The molecule has 2 saturated heterocycles. The van der Waals surface area contributed by atoms with Gasteiger partial charge in [0.05, 0.1) is 12.6 Å². The van der Waals surface area contributed by atoms with Crippen molar-refractivity contribution in [1.82, 2.24) is 24.4 Å². The summed E-state index contributed by atoms with van der Waals surface area (Å²) in [5.41, 5.74) is -1.00. The lowest BCUT2D eigenvalue weighted by Gasteiger charge is -2.37. The van der Waals surface area contributed by atoms with Crippen LogP contribution < -0.4 is 16.6 Å². The Labute approximate surface area is 178 Å². The van der Waals surface area contributed by atoms with Crippen LogP contribution in [0.2, 0.25) is 0 Å². The fourth-order valence-corrected chi connectivity index (χ4v) is 4.08. The molecule has 4 rings (SSSR count). The summed E-state index contributed by atoms with van der Waals surface area (Å²) in [5.74, 6) is -0.118. The highest BCUT2D eigenvalue weighted by molar-refractivity contribution is 5.75. The zero-order chi connectivity index (χ0) is 22.2. The quantitative estimate of drug-likeness (QED) is 0.640. The predicted molar refractivity (Wildman–Crippen MR) is 109 cm³/mol. The molecule has 0 unspecified atom stereocenters. The van der Waals surface area contributed by atoms with E-state index in [9.17, 15) is 14.4 Å². The van der Waals surface area contributed by atoms with E-state index in [0.717, 1.165) is 5.82 Å². The number of fused-ring (bicyclic) bond motifs is 1. The van der Waals surface area contributed by atoms with E-state index in [1.807, 2.05) is 17.7 Å². The van der Waals surface area contributed by atoms with Crippen molar-refractivity contribution in [1.29, 1.82) is 0 Å². The monoisotopic (exact) mass is 433 g/mol. The van der Waals surface area contributed by atoms with E-state index in [0.29, 0.717) is 13.0 Å². The molecule has 31 heavy (non-hydrogen) atoms. The maximum Gasteiger partial charge on any atom is 0.328 e. The number of aromatic nitrogens is 4. The Balaban J connectivity index is 1.41. The Morgan fingerprint density at radius 1 is 1.29 bits per heavy atom. The zero-order valence-corrected chi connectivity index (χ0v) is 17.7. The molecule has 1 amide bonds. The van der Waals surface area contributed by atoms with Gasteiger partial charge in [0.25, 0.3) is 5.56 Å². The Kier molecular flexibility index (Phi) is 5.82. The highest BCUT2D eigenvalue weighted by Crippen LogP contribution is 2.39. The first-order valence-corrected chi connectivity index (χ1v) is 10.3. The molecule has 0 aliphatic carbocycles. The number of aromatic amines is 1.